The van der Waals surface area contributed by atoms with Gasteiger partial charge < -0.3 is 15.1 Å². The monoisotopic (exact) mass is 384 g/mol. The molecule has 2 rings (SSSR count). The van der Waals surface area contributed by atoms with E-state index in [9.17, 15) is 19.7 Å². The molecule has 0 radical (unpaired) electrons. The topological polar surface area (TPSA) is 95.8 Å². The molecular formula is C20H24N4O4. The first-order valence-corrected chi connectivity index (χ1v) is 8.89. The smallest absolute Gasteiger partial charge is 0.270 e. The highest BCUT2D eigenvalue weighted by molar-refractivity contribution is 6.01. The number of nitrogens with zero attached hydrogens (tertiary/aromatic N) is 3. The summed E-state index contributed by atoms with van der Waals surface area (Å²) < 4.78 is 0. The van der Waals surface area contributed by atoms with E-state index in [1.807, 2.05) is 37.3 Å². The van der Waals surface area contributed by atoms with Crippen molar-refractivity contribution in [2.24, 2.45) is 0 Å². The van der Waals surface area contributed by atoms with Gasteiger partial charge in [-0.3, -0.25) is 19.7 Å². The maximum atomic E-state index is 12.6. The molecular weight excluding hydrogens is 360 g/mol. The van der Waals surface area contributed by atoms with Crippen molar-refractivity contribution >= 4 is 23.2 Å². The predicted octanol–water partition coefficient (Wildman–Crippen LogP) is 2.44. The largest absolute Gasteiger partial charge is 0.377 e. The van der Waals surface area contributed by atoms with Gasteiger partial charge in [0.25, 0.3) is 11.6 Å². The lowest BCUT2D eigenvalue weighted by Crippen LogP contribution is -2.40. The Morgan fingerprint density at radius 1 is 1.11 bits per heavy atom. The van der Waals surface area contributed by atoms with Crippen LogP contribution in [-0.2, 0) is 11.3 Å². The first-order valence-electron chi connectivity index (χ1n) is 8.89. The summed E-state index contributed by atoms with van der Waals surface area (Å²) in [6, 6.07) is 13.7. The zero-order valence-corrected chi connectivity index (χ0v) is 16.2. The Morgan fingerprint density at radius 3 is 2.36 bits per heavy atom. The van der Waals surface area contributed by atoms with Gasteiger partial charge in [-0.15, -0.1) is 0 Å². The van der Waals surface area contributed by atoms with Crippen LogP contribution in [-0.4, -0.2) is 48.8 Å². The molecule has 0 aliphatic rings. The van der Waals surface area contributed by atoms with E-state index in [1.165, 1.54) is 18.2 Å². The fraction of sp³-hybridized carbons (Fsp3) is 0.300. The second kappa shape index (κ2) is 9.50. The molecule has 0 atom stereocenters. The zero-order valence-electron chi connectivity index (χ0n) is 16.2. The number of carbonyl (C=O) groups is 2. The Labute approximate surface area is 163 Å². The van der Waals surface area contributed by atoms with Crippen LogP contribution in [0.1, 0.15) is 22.8 Å². The van der Waals surface area contributed by atoms with Crippen LogP contribution in [0.5, 0.6) is 0 Å². The third-order valence-electron chi connectivity index (χ3n) is 4.27. The number of amides is 2. The zero-order chi connectivity index (χ0) is 20.7. The van der Waals surface area contributed by atoms with E-state index in [0.29, 0.717) is 18.8 Å². The molecule has 2 aromatic rings. The van der Waals surface area contributed by atoms with E-state index >= 15 is 0 Å². The summed E-state index contributed by atoms with van der Waals surface area (Å²) in [5, 5.41) is 13.6. The quantitative estimate of drug-likeness (QED) is 0.557. The van der Waals surface area contributed by atoms with Gasteiger partial charge in [0.2, 0.25) is 5.91 Å². The fourth-order valence-electron chi connectivity index (χ4n) is 2.75. The lowest BCUT2D eigenvalue weighted by Gasteiger charge is -2.22. The van der Waals surface area contributed by atoms with Crippen molar-refractivity contribution in [1.29, 1.82) is 0 Å². The maximum absolute atomic E-state index is 12.6. The third-order valence-corrected chi connectivity index (χ3v) is 4.27. The highest BCUT2D eigenvalue weighted by Crippen LogP contribution is 2.24. The molecule has 0 aliphatic carbocycles. The number of likely N-dealkylation sites (N-methyl/N-ethyl adjacent to an activating group) is 1. The maximum Gasteiger partial charge on any atom is 0.270 e. The second-order valence-corrected chi connectivity index (χ2v) is 6.43. The molecule has 0 aliphatic heterocycles. The van der Waals surface area contributed by atoms with E-state index in [4.69, 9.17) is 0 Å². The molecule has 0 aromatic heterocycles. The Kier molecular flexibility index (Phi) is 7.08. The first kappa shape index (κ1) is 20.9. The van der Waals surface area contributed by atoms with Crippen LogP contribution < -0.4 is 10.2 Å². The summed E-state index contributed by atoms with van der Waals surface area (Å²) in [7, 11) is 3.48. The number of anilines is 1. The molecule has 0 spiro atoms. The minimum Gasteiger partial charge on any atom is -0.377 e. The number of nitro benzene ring substituents is 1. The number of carbonyl (C=O) groups excluding carboxylic acids is 2. The lowest BCUT2D eigenvalue weighted by molar-refractivity contribution is -0.384. The van der Waals surface area contributed by atoms with Crippen molar-refractivity contribution in [1.82, 2.24) is 10.2 Å². The number of non-ortho nitro benzene ring substituents is 1. The molecule has 1 N–H and O–H groups in total. The van der Waals surface area contributed by atoms with Gasteiger partial charge in [-0.2, -0.15) is 0 Å². The predicted molar refractivity (Wildman–Crippen MR) is 107 cm³/mol. The molecule has 0 bridgehead atoms. The van der Waals surface area contributed by atoms with Crippen molar-refractivity contribution in [3.63, 3.8) is 0 Å². The summed E-state index contributed by atoms with van der Waals surface area (Å²) in [5.41, 5.74) is 1.50. The van der Waals surface area contributed by atoms with Crippen molar-refractivity contribution < 1.29 is 14.5 Å². The van der Waals surface area contributed by atoms with Crippen molar-refractivity contribution in [2.75, 3.05) is 32.1 Å². The molecule has 0 heterocycles. The SMILES string of the molecule is CCN(Cc1ccccc1)C(=O)CNC(=O)c1cc([N+](=O)[O-])ccc1N(C)C. The Morgan fingerprint density at radius 2 is 1.79 bits per heavy atom. The Hall–Kier alpha value is -3.42. The first-order chi connectivity index (χ1) is 13.3. The molecule has 2 amide bonds. The average Bonchev–Trinajstić information content (AvgIpc) is 2.70. The number of nitro groups is 1. The number of rotatable bonds is 8. The molecule has 0 unspecified atom stereocenters. The van der Waals surface area contributed by atoms with Crippen LogP contribution in [0.25, 0.3) is 0 Å². The average molecular weight is 384 g/mol. The van der Waals surface area contributed by atoms with Crippen LogP contribution in [0, 0.1) is 10.1 Å². The van der Waals surface area contributed by atoms with E-state index < -0.39 is 10.8 Å². The van der Waals surface area contributed by atoms with Gasteiger partial charge in [-0.25, -0.2) is 0 Å². The molecule has 8 heteroatoms. The summed E-state index contributed by atoms with van der Waals surface area (Å²) in [6.45, 7) is 2.64. The van der Waals surface area contributed by atoms with E-state index in [-0.39, 0.29) is 23.7 Å². The normalized spacial score (nSPS) is 10.2. The van der Waals surface area contributed by atoms with Gasteiger partial charge in [0.05, 0.1) is 17.0 Å². The van der Waals surface area contributed by atoms with Crippen LogP contribution in [0.2, 0.25) is 0 Å². The van der Waals surface area contributed by atoms with Crippen LogP contribution >= 0.6 is 0 Å². The van der Waals surface area contributed by atoms with Gasteiger partial charge >= 0.3 is 0 Å². The lowest BCUT2D eigenvalue weighted by atomic mass is 10.1. The van der Waals surface area contributed by atoms with Crippen LogP contribution in [0.3, 0.4) is 0 Å². The third kappa shape index (κ3) is 5.29. The summed E-state index contributed by atoms with van der Waals surface area (Å²) in [4.78, 5) is 38.9. The summed E-state index contributed by atoms with van der Waals surface area (Å²) in [6.07, 6.45) is 0. The molecule has 2 aromatic carbocycles. The number of hydrogen-bond acceptors (Lipinski definition) is 5. The van der Waals surface area contributed by atoms with E-state index in [1.54, 1.807) is 23.9 Å². The van der Waals surface area contributed by atoms with Gasteiger partial charge in [0.15, 0.2) is 0 Å². The highest BCUT2D eigenvalue weighted by Gasteiger charge is 2.19. The molecule has 0 saturated heterocycles. The summed E-state index contributed by atoms with van der Waals surface area (Å²) >= 11 is 0. The van der Waals surface area contributed by atoms with Gasteiger partial charge in [-0.1, -0.05) is 30.3 Å². The van der Waals surface area contributed by atoms with Crippen molar-refractivity contribution in [3.8, 4) is 0 Å². The molecule has 28 heavy (non-hydrogen) atoms. The van der Waals surface area contributed by atoms with Crippen LogP contribution in [0.15, 0.2) is 48.5 Å². The van der Waals surface area contributed by atoms with Gasteiger partial charge in [0, 0.05) is 45.0 Å². The van der Waals surface area contributed by atoms with Gasteiger partial charge in [-0.05, 0) is 18.6 Å². The minimum absolute atomic E-state index is 0.151. The Bertz CT molecular complexity index is 853. The fourth-order valence-corrected chi connectivity index (χ4v) is 2.75. The molecule has 8 nitrogen and oxygen atoms in total. The van der Waals surface area contributed by atoms with Crippen molar-refractivity contribution in [3.05, 3.63) is 69.8 Å². The standard InChI is InChI=1S/C20H24N4O4/c1-4-23(14-15-8-6-5-7-9-15)19(25)13-21-20(26)17-12-16(24(27)28)10-11-18(17)22(2)3/h5-12H,4,13-14H2,1-3H3,(H,21,26). The van der Waals surface area contributed by atoms with Crippen molar-refractivity contribution in [2.45, 2.75) is 13.5 Å². The number of nitrogens with one attached hydrogen (secondary N) is 1. The number of hydrogen-bond donors (Lipinski definition) is 1. The molecule has 148 valence electrons. The van der Waals surface area contributed by atoms with E-state index in [2.05, 4.69) is 5.32 Å². The Balaban J connectivity index is 2.09. The molecule has 0 saturated carbocycles. The second-order valence-electron chi connectivity index (χ2n) is 6.43. The van der Waals surface area contributed by atoms with Crippen LogP contribution in [0.4, 0.5) is 11.4 Å². The minimum atomic E-state index is -0.556. The molecule has 0 fully saturated rings. The summed E-state index contributed by atoms with van der Waals surface area (Å²) in [5.74, 6) is -0.756. The van der Waals surface area contributed by atoms with Gasteiger partial charge in [0.1, 0.15) is 0 Å². The number of benzene rings is 2. The highest BCUT2D eigenvalue weighted by atomic mass is 16.6. The van der Waals surface area contributed by atoms with E-state index in [0.717, 1.165) is 5.56 Å².